The van der Waals surface area contributed by atoms with Crippen molar-refractivity contribution in [3.8, 4) is 0 Å². The molecule has 4 aromatic rings. The van der Waals surface area contributed by atoms with Crippen LogP contribution in [0.15, 0.2) is 85.1 Å². The van der Waals surface area contributed by atoms with E-state index in [0.29, 0.717) is 22.7 Å². The highest BCUT2D eigenvalue weighted by Gasteiger charge is 2.28. The molecule has 0 radical (unpaired) electrons. The van der Waals surface area contributed by atoms with Crippen LogP contribution < -0.4 is 5.32 Å². The smallest absolute Gasteiger partial charge is 0.339 e. The molecule has 1 aromatic heterocycles. The maximum atomic E-state index is 12.8. The summed E-state index contributed by atoms with van der Waals surface area (Å²) in [4.78, 5) is 30.7. The summed E-state index contributed by atoms with van der Waals surface area (Å²) >= 11 is 1.46. The molecular formula is C26H20N2O3S. The third-order valence-corrected chi connectivity index (χ3v) is 6.32. The minimum absolute atomic E-state index is 0.247. The van der Waals surface area contributed by atoms with Crippen LogP contribution in [0.1, 0.15) is 48.4 Å². The number of carbonyl (C=O) groups excluding carboxylic acids is 2. The molecule has 0 aliphatic carbocycles. The molecular weight excluding hydrogens is 420 g/mol. The third kappa shape index (κ3) is 4.31. The molecule has 1 amide bonds. The average molecular weight is 441 g/mol. The standard InChI is InChI=1S/C26H20N2O3S/c29-24(28-26-27-16-21(32-26)13-17-7-3-1-4-8-17)19-11-12-22-20(14-19)15-23(31-25(22)30)18-9-5-2-6-10-18/h1-12,14,16,23H,13,15H2,(H,27,28,29). The summed E-state index contributed by atoms with van der Waals surface area (Å²) < 4.78 is 5.60. The second-order valence-corrected chi connectivity index (χ2v) is 8.74. The van der Waals surface area contributed by atoms with Gasteiger partial charge in [0.2, 0.25) is 0 Å². The van der Waals surface area contributed by atoms with Crippen LogP contribution in [0, 0.1) is 0 Å². The number of aromatic nitrogens is 1. The summed E-state index contributed by atoms with van der Waals surface area (Å²) in [6, 6.07) is 24.9. The summed E-state index contributed by atoms with van der Waals surface area (Å²) in [5.74, 6) is -0.610. The Hall–Kier alpha value is -3.77. The number of rotatable bonds is 5. The summed E-state index contributed by atoms with van der Waals surface area (Å²) in [5.41, 5.74) is 3.95. The van der Waals surface area contributed by atoms with Gasteiger partial charge in [-0.05, 0) is 34.9 Å². The number of hydrogen-bond donors (Lipinski definition) is 1. The van der Waals surface area contributed by atoms with Crippen LogP contribution in [0.5, 0.6) is 0 Å². The molecule has 1 aliphatic rings. The highest BCUT2D eigenvalue weighted by Crippen LogP contribution is 2.31. The van der Waals surface area contributed by atoms with Crippen LogP contribution in [0.25, 0.3) is 0 Å². The van der Waals surface area contributed by atoms with E-state index >= 15 is 0 Å². The Balaban J connectivity index is 1.31. The molecule has 3 aromatic carbocycles. The third-order valence-electron chi connectivity index (χ3n) is 5.41. The molecule has 1 N–H and O–H groups in total. The fraction of sp³-hybridized carbons (Fsp3) is 0.115. The van der Waals surface area contributed by atoms with Crippen molar-refractivity contribution < 1.29 is 14.3 Å². The summed E-state index contributed by atoms with van der Waals surface area (Å²) in [6.07, 6.45) is 2.75. The molecule has 1 atom stereocenters. The van der Waals surface area contributed by atoms with E-state index in [-0.39, 0.29) is 18.0 Å². The minimum atomic E-state index is -0.363. The van der Waals surface area contributed by atoms with Gasteiger partial charge in [-0.1, -0.05) is 60.7 Å². The molecule has 158 valence electrons. The zero-order valence-corrected chi connectivity index (χ0v) is 18.0. The van der Waals surface area contributed by atoms with Crippen molar-refractivity contribution in [1.82, 2.24) is 4.98 Å². The number of hydrogen-bond acceptors (Lipinski definition) is 5. The van der Waals surface area contributed by atoms with Crippen LogP contribution in [-0.2, 0) is 17.6 Å². The van der Waals surface area contributed by atoms with Gasteiger partial charge < -0.3 is 4.74 Å². The molecule has 0 saturated carbocycles. The first-order valence-corrected chi connectivity index (χ1v) is 11.2. The molecule has 1 unspecified atom stereocenters. The van der Waals surface area contributed by atoms with Gasteiger partial charge in [-0.3, -0.25) is 10.1 Å². The summed E-state index contributed by atoms with van der Waals surface area (Å²) in [5, 5.41) is 3.43. The predicted octanol–water partition coefficient (Wildman–Crippen LogP) is 5.44. The lowest BCUT2D eigenvalue weighted by Crippen LogP contribution is -2.23. The number of anilines is 1. The van der Waals surface area contributed by atoms with Crippen LogP contribution in [-0.4, -0.2) is 16.9 Å². The number of carbonyl (C=O) groups is 2. The Kier molecular flexibility index (Phi) is 5.52. The van der Waals surface area contributed by atoms with Gasteiger partial charge >= 0.3 is 5.97 Å². The first-order chi connectivity index (χ1) is 15.7. The fourth-order valence-corrected chi connectivity index (χ4v) is 4.65. The van der Waals surface area contributed by atoms with E-state index in [4.69, 9.17) is 4.74 Å². The second kappa shape index (κ2) is 8.77. The van der Waals surface area contributed by atoms with E-state index in [1.807, 2.05) is 48.5 Å². The van der Waals surface area contributed by atoms with E-state index in [1.54, 1.807) is 24.4 Å². The van der Waals surface area contributed by atoms with Gasteiger partial charge in [-0.2, -0.15) is 0 Å². The topological polar surface area (TPSA) is 68.3 Å². The quantitative estimate of drug-likeness (QED) is 0.420. The van der Waals surface area contributed by atoms with E-state index in [1.165, 1.54) is 16.9 Å². The normalized spacial score (nSPS) is 15.0. The van der Waals surface area contributed by atoms with E-state index in [0.717, 1.165) is 22.4 Å². The molecule has 0 spiro atoms. The first kappa shape index (κ1) is 20.2. The van der Waals surface area contributed by atoms with E-state index < -0.39 is 0 Å². The zero-order valence-electron chi connectivity index (χ0n) is 17.2. The largest absolute Gasteiger partial charge is 0.454 e. The Labute approximate surface area is 189 Å². The second-order valence-electron chi connectivity index (χ2n) is 7.63. The highest BCUT2D eigenvalue weighted by molar-refractivity contribution is 7.15. The molecule has 0 fully saturated rings. The van der Waals surface area contributed by atoms with Gasteiger partial charge in [0.15, 0.2) is 5.13 Å². The number of cyclic esters (lactones) is 1. The van der Waals surface area contributed by atoms with Crippen molar-refractivity contribution >= 4 is 28.3 Å². The maximum Gasteiger partial charge on any atom is 0.339 e. The van der Waals surface area contributed by atoms with Gasteiger partial charge in [0, 0.05) is 29.5 Å². The molecule has 1 aliphatic heterocycles. The Morgan fingerprint density at radius 2 is 1.78 bits per heavy atom. The molecule has 32 heavy (non-hydrogen) atoms. The predicted molar refractivity (Wildman–Crippen MR) is 124 cm³/mol. The maximum absolute atomic E-state index is 12.8. The lowest BCUT2D eigenvalue weighted by Gasteiger charge is -2.25. The Bertz CT molecular complexity index is 1270. The van der Waals surface area contributed by atoms with Gasteiger partial charge in [0.05, 0.1) is 5.56 Å². The molecule has 0 saturated heterocycles. The van der Waals surface area contributed by atoms with Crippen molar-refractivity contribution in [2.24, 2.45) is 0 Å². The van der Waals surface area contributed by atoms with Crippen molar-refractivity contribution in [3.63, 3.8) is 0 Å². The number of benzene rings is 3. The molecule has 0 bridgehead atoms. The lowest BCUT2D eigenvalue weighted by molar-refractivity contribution is 0.0252. The van der Waals surface area contributed by atoms with Crippen molar-refractivity contribution in [2.75, 3.05) is 5.32 Å². The average Bonchev–Trinajstić information content (AvgIpc) is 3.26. The molecule has 5 rings (SSSR count). The van der Waals surface area contributed by atoms with Crippen LogP contribution in [0.2, 0.25) is 0 Å². The molecule has 2 heterocycles. The van der Waals surface area contributed by atoms with E-state index in [2.05, 4.69) is 22.4 Å². The SMILES string of the molecule is O=C(Nc1ncc(Cc2ccccc2)s1)c1ccc2c(c1)CC(c1ccccc1)OC2=O. The fourth-order valence-electron chi connectivity index (χ4n) is 3.80. The van der Waals surface area contributed by atoms with Crippen LogP contribution >= 0.6 is 11.3 Å². The van der Waals surface area contributed by atoms with Crippen LogP contribution in [0.4, 0.5) is 5.13 Å². The number of nitrogens with zero attached hydrogens (tertiary/aromatic N) is 1. The Morgan fingerprint density at radius 3 is 2.56 bits per heavy atom. The number of ether oxygens (including phenoxy) is 1. The zero-order chi connectivity index (χ0) is 21.9. The monoisotopic (exact) mass is 440 g/mol. The summed E-state index contributed by atoms with van der Waals surface area (Å²) in [6.45, 7) is 0. The van der Waals surface area contributed by atoms with Crippen LogP contribution in [0.3, 0.4) is 0 Å². The van der Waals surface area contributed by atoms with Crippen molar-refractivity contribution in [2.45, 2.75) is 18.9 Å². The van der Waals surface area contributed by atoms with E-state index in [9.17, 15) is 9.59 Å². The number of esters is 1. The number of nitrogens with one attached hydrogen (secondary N) is 1. The highest BCUT2D eigenvalue weighted by atomic mass is 32.1. The van der Waals surface area contributed by atoms with Crippen molar-refractivity contribution in [1.29, 1.82) is 0 Å². The number of fused-ring (bicyclic) bond motifs is 1. The minimum Gasteiger partial charge on any atom is -0.454 e. The van der Waals surface area contributed by atoms with Gasteiger partial charge in [0.25, 0.3) is 5.91 Å². The Morgan fingerprint density at radius 1 is 1.03 bits per heavy atom. The summed E-state index contributed by atoms with van der Waals surface area (Å²) in [7, 11) is 0. The number of amides is 1. The van der Waals surface area contributed by atoms with Crippen molar-refractivity contribution in [3.05, 3.63) is 118 Å². The van der Waals surface area contributed by atoms with Gasteiger partial charge in [-0.25, -0.2) is 9.78 Å². The number of thiazole rings is 1. The van der Waals surface area contributed by atoms with Gasteiger partial charge in [-0.15, -0.1) is 11.3 Å². The first-order valence-electron chi connectivity index (χ1n) is 10.3. The molecule has 5 nitrogen and oxygen atoms in total. The molecule has 6 heteroatoms. The lowest BCUT2D eigenvalue weighted by atomic mass is 9.93. The van der Waals surface area contributed by atoms with Gasteiger partial charge in [0.1, 0.15) is 6.10 Å².